The van der Waals surface area contributed by atoms with Crippen molar-refractivity contribution in [3.8, 4) is 5.75 Å². The van der Waals surface area contributed by atoms with Gasteiger partial charge in [-0.25, -0.2) is 9.69 Å². The van der Waals surface area contributed by atoms with Crippen LogP contribution in [0.1, 0.15) is 41.3 Å². The van der Waals surface area contributed by atoms with Crippen LogP contribution >= 0.6 is 23.2 Å². The Balaban J connectivity index is 1.47. The lowest BCUT2D eigenvalue weighted by Gasteiger charge is -2.16. The molecule has 1 N–H and O–H groups in total. The number of benzene rings is 3. The lowest BCUT2D eigenvalue weighted by Crippen LogP contribution is -2.32. The van der Waals surface area contributed by atoms with Gasteiger partial charge in [0.2, 0.25) is 0 Å². The Hall–Kier alpha value is -3.61. The molecule has 0 bridgehead atoms. The monoisotopic (exact) mass is 508 g/mol. The second-order valence-corrected chi connectivity index (χ2v) is 9.17. The van der Waals surface area contributed by atoms with E-state index in [-0.39, 0.29) is 10.7 Å². The number of amides is 2. The number of esters is 1. The van der Waals surface area contributed by atoms with E-state index in [4.69, 9.17) is 27.9 Å². The summed E-state index contributed by atoms with van der Waals surface area (Å²) in [5, 5.41) is 3.08. The van der Waals surface area contributed by atoms with Crippen LogP contribution < -0.4 is 15.0 Å². The van der Waals surface area contributed by atoms with Crippen molar-refractivity contribution in [3.63, 3.8) is 0 Å². The van der Waals surface area contributed by atoms with E-state index in [0.717, 1.165) is 16.0 Å². The molecule has 1 heterocycles. The van der Waals surface area contributed by atoms with Gasteiger partial charge in [-0.2, -0.15) is 0 Å². The number of rotatable bonds is 6. The minimum atomic E-state index is -0.650. The number of hydrogen-bond donors (Lipinski definition) is 1. The van der Waals surface area contributed by atoms with E-state index in [9.17, 15) is 14.4 Å². The number of aryl methyl sites for hydroxylation is 1. The molecule has 1 aliphatic rings. The number of carbonyl (C=O) groups excluding carboxylic acids is 3. The molecule has 0 aliphatic carbocycles. The van der Waals surface area contributed by atoms with Gasteiger partial charge in [0, 0.05) is 10.7 Å². The van der Waals surface area contributed by atoms with E-state index >= 15 is 0 Å². The summed E-state index contributed by atoms with van der Waals surface area (Å²) in [5.74, 6) is -0.989. The molecule has 3 aromatic rings. The molecule has 2 amide bonds. The van der Waals surface area contributed by atoms with E-state index in [0.29, 0.717) is 33.6 Å². The molecule has 0 saturated heterocycles. The first-order valence-electron chi connectivity index (χ1n) is 10.9. The second-order valence-electron chi connectivity index (χ2n) is 8.39. The summed E-state index contributed by atoms with van der Waals surface area (Å²) in [5.41, 5.74) is 2.95. The van der Waals surface area contributed by atoms with E-state index in [2.05, 4.69) is 19.2 Å². The maximum absolute atomic E-state index is 13.0. The molecule has 0 fully saturated rings. The predicted molar refractivity (Wildman–Crippen MR) is 137 cm³/mol. The van der Waals surface area contributed by atoms with Gasteiger partial charge in [-0.05, 0) is 72.5 Å². The number of nitrogens with zero attached hydrogens (tertiary/aromatic N) is 1. The fraction of sp³-hybridized carbons (Fsp3) is 0.148. The maximum atomic E-state index is 13.0. The molecular weight excluding hydrogens is 487 g/mol. The van der Waals surface area contributed by atoms with Crippen molar-refractivity contribution in [2.45, 2.75) is 26.7 Å². The Kier molecular flexibility index (Phi) is 6.96. The smallest absolute Gasteiger partial charge is 0.343 e. The molecule has 35 heavy (non-hydrogen) atoms. The Bertz CT molecular complexity index is 1360. The van der Waals surface area contributed by atoms with Crippen LogP contribution in [0.3, 0.4) is 0 Å². The Morgan fingerprint density at radius 3 is 2.31 bits per heavy atom. The van der Waals surface area contributed by atoms with Gasteiger partial charge in [-0.3, -0.25) is 9.59 Å². The van der Waals surface area contributed by atoms with Gasteiger partial charge in [0.1, 0.15) is 16.5 Å². The van der Waals surface area contributed by atoms with Crippen LogP contribution in [0.25, 0.3) is 0 Å². The van der Waals surface area contributed by atoms with Crippen LogP contribution in [0.15, 0.2) is 77.5 Å². The van der Waals surface area contributed by atoms with Crippen molar-refractivity contribution >= 4 is 52.4 Å². The van der Waals surface area contributed by atoms with Crippen LogP contribution in [0.4, 0.5) is 11.4 Å². The number of nitrogens with one attached hydrogen (secondary N) is 1. The highest BCUT2D eigenvalue weighted by molar-refractivity contribution is 6.53. The molecule has 1 aliphatic heterocycles. The molecule has 0 spiro atoms. The lowest BCUT2D eigenvalue weighted by atomic mass is 10.0. The fourth-order valence-corrected chi connectivity index (χ4v) is 3.89. The highest BCUT2D eigenvalue weighted by atomic mass is 35.5. The van der Waals surface area contributed by atoms with Gasteiger partial charge >= 0.3 is 5.97 Å². The van der Waals surface area contributed by atoms with Gasteiger partial charge in [0.15, 0.2) is 0 Å². The molecule has 6 nitrogen and oxygen atoms in total. The van der Waals surface area contributed by atoms with Crippen molar-refractivity contribution in [1.82, 2.24) is 0 Å². The average Bonchev–Trinajstić information content (AvgIpc) is 3.04. The van der Waals surface area contributed by atoms with Crippen molar-refractivity contribution in [3.05, 3.63) is 99.2 Å². The van der Waals surface area contributed by atoms with Crippen LogP contribution in [0.2, 0.25) is 5.02 Å². The topological polar surface area (TPSA) is 75.7 Å². The van der Waals surface area contributed by atoms with Crippen LogP contribution in [0.5, 0.6) is 5.75 Å². The summed E-state index contributed by atoms with van der Waals surface area (Å²) in [4.78, 5) is 39.2. The van der Waals surface area contributed by atoms with Crippen molar-refractivity contribution in [2.24, 2.45) is 0 Å². The molecule has 0 saturated carbocycles. The quantitative estimate of drug-likeness (QED) is 0.236. The minimum absolute atomic E-state index is 0.0609. The SMILES string of the molecule is Cc1ccc(N2C(=O)C(Cl)=C(Nc3ccc(C(=O)Oc4cccc(C(C)C)c4)cc3)C2=O)cc1Cl. The number of imide groups is 1. The summed E-state index contributed by atoms with van der Waals surface area (Å²) in [6.07, 6.45) is 0. The highest BCUT2D eigenvalue weighted by Gasteiger charge is 2.39. The predicted octanol–water partition coefficient (Wildman–Crippen LogP) is 6.43. The third-order valence-electron chi connectivity index (χ3n) is 5.57. The Morgan fingerprint density at radius 2 is 1.66 bits per heavy atom. The lowest BCUT2D eigenvalue weighted by molar-refractivity contribution is -0.120. The Labute approximate surface area is 213 Å². The number of anilines is 2. The fourth-order valence-electron chi connectivity index (χ4n) is 3.50. The standard InChI is InChI=1S/C27H22Cl2N2O4/c1-15(2)18-5-4-6-21(13-18)35-27(34)17-8-10-19(11-9-17)30-24-23(29)25(32)31(26(24)33)20-12-7-16(3)22(28)14-20/h4-15,30H,1-3H3. The normalized spacial score (nSPS) is 13.6. The summed E-state index contributed by atoms with van der Waals surface area (Å²) < 4.78 is 5.49. The number of halogens is 2. The summed E-state index contributed by atoms with van der Waals surface area (Å²) in [7, 11) is 0. The van der Waals surface area contributed by atoms with Gasteiger partial charge in [-0.1, -0.05) is 55.2 Å². The minimum Gasteiger partial charge on any atom is -0.423 e. The van der Waals surface area contributed by atoms with Gasteiger partial charge in [-0.15, -0.1) is 0 Å². The molecule has 0 atom stereocenters. The van der Waals surface area contributed by atoms with Gasteiger partial charge in [0.25, 0.3) is 11.8 Å². The first-order valence-corrected chi connectivity index (χ1v) is 11.6. The molecule has 4 rings (SSSR count). The van der Waals surface area contributed by atoms with Crippen LogP contribution in [0, 0.1) is 6.92 Å². The zero-order valence-corrected chi connectivity index (χ0v) is 20.8. The third kappa shape index (κ3) is 5.09. The van der Waals surface area contributed by atoms with Crippen molar-refractivity contribution in [1.29, 1.82) is 0 Å². The zero-order chi connectivity index (χ0) is 25.3. The van der Waals surface area contributed by atoms with E-state index in [1.54, 1.807) is 42.5 Å². The van der Waals surface area contributed by atoms with E-state index in [1.807, 2.05) is 25.1 Å². The molecule has 178 valence electrons. The van der Waals surface area contributed by atoms with E-state index < -0.39 is 17.8 Å². The van der Waals surface area contributed by atoms with Crippen molar-refractivity contribution in [2.75, 3.05) is 10.2 Å². The molecule has 0 aromatic heterocycles. The maximum Gasteiger partial charge on any atom is 0.343 e. The van der Waals surface area contributed by atoms with Crippen molar-refractivity contribution < 1.29 is 19.1 Å². The number of carbonyl (C=O) groups is 3. The summed E-state index contributed by atoms with van der Waals surface area (Å²) in [6, 6.07) is 18.6. The molecular formula is C27H22Cl2N2O4. The number of ether oxygens (including phenoxy) is 1. The van der Waals surface area contributed by atoms with Gasteiger partial charge < -0.3 is 10.1 Å². The zero-order valence-electron chi connectivity index (χ0n) is 19.3. The second kappa shape index (κ2) is 9.94. The first kappa shape index (κ1) is 24.5. The third-order valence-corrected chi connectivity index (χ3v) is 6.32. The highest BCUT2D eigenvalue weighted by Crippen LogP contribution is 2.32. The number of hydrogen-bond acceptors (Lipinski definition) is 5. The summed E-state index contributed by atoms with van der Waals surface area (Å²) in [6.45, 7) is 5.94. The van der Waals surface area contributed by atoms with Gasteiger partial charge in [0.05, 0.1) is 11.3 Å². The largest absolute Gasteiger partial charge is 0.423 e. The molecule has 0 radical (unpaired) electrons. The average molecular weight is 509 g/mol. The summed E-state index contributed by atoms with van der Waals surface area (Å²) >= 11 is 12.3. The van der Waals surface area contributed by atoms with E-state index in [1.165, 1.54) is 6.07 Å². The van der Waals surface area contributed by atoms with Crippen LogP contribution in [-0.4, -0.2) is 17.8 Å². The first-order chi connectivity index (χ1) is 16.7. The molecule has 3 aromatic carbocycles. The Morgan fingerprint density at radius 1 is 0.943 bits per heavy atom. The molecule has 8 heteroatoms. The molecule has 0 unspecified atom stereocenters. The van der Waals surface area contributed by atoms with Crippen LogP contribution in [-0.2, 0) is 9.59 Å².